The lowest BCUT2D eigenvalue weighted by molar-refractivity contribution is -0.126. The van der Waals surface area contributed by atoms with Crippen molar-refractivity contribution in [3.63, 3.8) is 0 Å². The average molecular weight is 402 g/mol. The van der Waals surface area contributed by atoms with E-state index in [2.05, 4.69) is 15.6 Å². The van der Waals surface area contributed by atoms with Crippen LogP contribution in [0.25, 0.3) is 5.65 Å². The number of carbonyl (C=O) groups is 3. The van der Waals surface area contributed by atoms with E-state index in [0.29, 0.717) is 5.65 Å². The van der Waals surface area contributed by atoms with E-state index in [0.717, 1.165) is 17.7 Å². The minimum Gasteiger partial charge on any atom is -0.451 e. The van der Waals surface area contributed by atoms with E-state index in [-0.39, 0.29) is 11.4 Å². The summed E-state index contributed by atoms with van der Waals surface area (Å²) in [6, 6.07) is 6.49. The molecule has 0 aliphatic carbocycles. The van der Waals surface area contributed by atoms with Crippen molar-refractivity contribution in [2.24, 2.45) is 0 Å². The number of nitrogens with zero attached hydrogens (tertiary/aromatic N) is 2. The number of fused-ring (bicyclic) bond motifs is 1. The first-order valence-electron chi connectivity index (χ1n) is 8.46. The van der Waals surface area contributed by atoms with E-state index >= 15 is 0 Å². The second-order valence-corrected chi connectivity index (χ2v) is 6.13. The van der Waals surface area contributed by atoms with Gasteiger partial charge in [-0.15, -0.1) is 0 Å². The lowest BCUT2D eigenvalue weighted by atomic mass is 10.3. The zero-order valence-electron chi connectivity index (χ0n) is 15.2. The van der Waals surface area contributed by atoms with E-state index in [4.69, 9.17) is 4.74 Å². The fraction of sp³-hybridized carbons (Fsp3) is 0.158. The molecule has 29 heavy (non-hydrogen) atoms. The van der Waals surface area contributed by atoms with Crippen LogP contribution in [0.4, 0.5) is 14.5 Å². The van der Waals surface area contributed by atoms with Gasteiger partial charge in [-0.05, 0) is 36.8 Å². The maximum absolute atomic E-state index is 13.1. The highest BCUT2D eigenvalue weighted by atomic mass is 19.2. The highest BCUT2D eigenvalue weighted by Gasteiger charge is 2.15. The van der Waals surface area contributed by atoms with Crippen LogP contribution in [0, 0.1) is 18.6 Å². The SMILES string of the molecule is Cc1ccn2cc(C(=O)OCC(=O)NCC(=O)Nc3ccc(F)c(F)c3)nc2c1. The fourth-order valence-corrected chi connectivity index (χ4v) is 2.40. The topological polar surface area (TPSA) is 102 Å². The highest BCUT2D eigenvalue weighted by Crippen LogP contribution is 2.12. The zero-order chi connectivity index (χ0) is 21.0. The van der Waals surface area contributed by atoms with Gasteiger partial charge in [0.05, 0.1) is 6.54 Å². The van der Waals surface area contributed by atoms with Crippen LogP contribution < -0.4 is 10.6 Å². The van der Waals surface area contributed by atoms with Crippen molar-refractivity contribution < 1.29 is 27.9 Å². The molecule has 0 unspecified atom stereocenters. The van der Waals surface area contributed by atoms with Crippen LogP contribution in [-0.4, -0.2) is 40.3 Å². The van der Waals surface area contributed by atoms with Gasteiger partial charge in [-0.3, -0.25) is 9.59 Å². The molecule has 0 aliphatic rings. The molecule has 2 heterocycles. The van der Waals surface area contributed by atoms with E-state index in [1.807, 2.05) is 13.0 Å². The minimum absolute atomic E-state index is 0.0386. The smallest absolute Gasteiger partial charge is 0.359 e. The van der Waals surface area contributed by atoms with Crippen molar-refractivity contribution >= 4 is 29.1 Å². The molecule has 0 aliphatic heterocycles. The molecule has 8 nitrogen and oxygen atoms in total. The van der Waals surface area contributed by atoms with Crippen LogP contribution in [0.2, 0.25) is 0 Å². The number of hydrogen-bond acceptors (Lipinski definition) is 5. The predicted octanol–water partition coefficient (Wildman–Crippen LogP) is 1.83. The van der Waals surface area contributed by atoms with Gasteiger partial charge in [-0.1, -0.05) is 0 Å². The number of nitrogens with one attached hydrogen (secondary N) is 2. The standard InChI is InChI=1S/C19H16F2N4O4/c1-11-4-5-25-9-15(24-16(25)6-11)19(28)29-10-18(27)22-8-17(26)23-12-2-3-13(20)14(21)7-12/h2-7,9H,8,10H2,1H3,(H,22,27)(H,23,26). The molecule has 0 bridgehead atoms. The number of rotatable bonds is 6. The number of esters is 1. The van der Waals surface area contributed by atoms with Gasteiger partial charge in [0.1, 0.15) is 5.65 Å². The Morgan fingerprint density at radius 3 is 2.66 bits per heavy atom. The Bertz CT molecular complexity index is 1100. The van der Waals surface area contributed by atoms with Crippen molar-refractivity contribution in [1.82, 2.24) is 14.7 Å². The van der Waals surface area contributed by atoms with Crippen molar-refractivity contribution in [1.29, 1.82) is 0 Å². The third-order valence-corrected chi connectivity index (χ3v) is 3.81. The molecule has 2 N–H and O–H groups in total. The summed E-state index contributed by atoms with van der Waals surface area (Å²) in [5.41, 5.74) is 1.62. The van der Waals surface area contributed by atoms with Gasteiger partial charge in [-0.25, -0.2) is 18.6 Å². The molecular formula is C19H16F2N4O4. The molecule has 0 saturated carbocycles. The van der Waals surface area contributed by atoms with Gasteiger partial charge in [0.25, 0.3) is 5.91 Å². The molecule has 2 aromatic heterocycles. The van der Waals surface area contributed by atoms with Crippen LogP contribution in [0.3, 0.4) is 0 Å². The normalized spacial score (nSPS) is 10.6. The first-order chi connectivity index (χ1) is 13.8. The van der Waals surface area contributed by atoms with Crippen molar-refractivity contribution in [2.45, 2.75) is 6.92 Å². The Morgan fingerprint density at radius 2 is 1.90 bits per heavy atom. The van der Waals surface area contributed by atoms with Crippen LogP contribution in [-0.2, 0) is 14.3 Å². The largest absolute Gasteiger partial charge is 0.451 e. The maximum Gasteiger partial charge on any atom is 0.359 e. The molecule has 0 spiro atoms. The number of benzene rings is 1. The lowest BCUT2D eigenvalue weighted by Gasteiger charge is -2.07. The number of aryl methyl sites for hydroxylation is 1. The molecule has 0 saturated heterocycles. The molecular weight excluding hydrogens is 386 g/mol. The number of halogens is 2. The summed E-state index contributed by atoms with van der Waals surface area (Å²) in [7, 11) is 0. The number of hydrogen-bond donors (Lipinski definition) is 2. The Labute approximate surface area is 163 Å². The predicted molar refractivity (Wildman–Crippen MR) is 98.2 cm³/mol. The van der Waals surface area contributed by atoms with Gasteiger partial charge in [0.15, 0.2) is 23.9 Å². The van der Waals surface area contributed by atoms with E-state index in [1.165, 1.54) is 12.3 Å². The van der Waals surface area contributed by atoms with Crippen LogP contribution in [0.15, 0.2) is 42.7 Å². The fourth-order valence-electron chi connectivity index (χ4n) is 2.40. The average Bonchev–Trinajstić information content (AvgIpc) is 3.10. The van der Waals surface area contributed by atoms with Gasteiger partial charge < -0.3 is 19.8 Å². The minimum atomic E-state index is -1.11. The number of amides is 2. The van der Waals surface area contributed by atoms with Crippen molar-refractivity contribution in [2.75, 3.05) is 18.5 Å². The highest BCUT2D eigenvalue weighted by molar-refractivity contribution is 5.95. The van der Waals surface area contributed by atoms with Crippen LogP contribution in [0.1, 0.15) is 16.1 Å². The summed E-state index contributed by atoms with van der Waals surface area (Å²) in [5, 5.41) is 4.54. The zero-order valence-corrected chi connectivity index (χ0v) is 15.2. The lowest BCUT2D eigenvalue weighted by Crippen LogP contribution is -2.35. The third-order valence-electron chi connectivity index (χ3n) is 3.81. The van der Waals surface area contributed by atoms with Crippen molar-refractivity contribution in [3.05, 3.63) is 65.6 Å². The van der Waals surface area contributed by atoms with Gasteiger partial charge in [0.2, 0.25) is 5.91 Å². The Balaban J connectivity index is 1.45. The second kappa shape index (κ2) is 8.46. The number of aromatic nitrogens is 2. The van der Waals surface area contributed by atoms with Gasteiger partial charge >= 0.3 is 5.97 Å². The van der Waals surface area contributed by atoms with E-state index in [1.54, 1.807) is 16.7 Å². The second-order valence-electron chi connectivity index (χ2n) is 6.13. The number of ether oxygens (including phenoxy) is 1. The molecule has 0 fully saturated rings. The maximum atomic E-state index is 13.1. The van der Waals surface area contributed by atoms with Crippen molar-refractivity contribution in [3.8, 4) is 0 Å². The number of anilines is 1. The molecule has 10 heteroatoms. The van der Waals surface area contributed by atoms with E-state index < -0.39 is 42.6 Å². The third kappa shape index (κ3) is 5.12. The Morgan fingerprint density at radius 1 is 1.10 bits per heavy atom. The number of pyridine rings is 1. The summed E-state index contributed by atoms with van der Waals surface area (Å²) >= 11 is 0. The molecule has 3 aromatic rings. The molecule has 150 valence electrons. The van der Waals surface area contributed by atoms with Crippen LogP contribution >= 0.6 is 0 Å². The molecule has 0 radical (unpaired) electrons. The first-order valence-corrected chi connectivity index (χ1v) is 8.46. The number of imidazole rings is 1. The van der Waals surface area contributed by atoms with Crippen LogP contribution in [0.5, 0.6) is 0 Å². The molecule has 2 amide bonds. The summed E-state index contributed by atoms with van der Waals surface area (Å²) < 4.78 is 32.5. The van der Waals surface area contributed by atoms with Gasteiger partial charge in [-0.2, -0.15) is 0 Å². The number of carbonyl (C=O) groups excluding carboxylic acids is 3. The van der Waals surface area contributed by atoms with E-state index in [9.17, 15) is 23.2 Å². The summed E-state index contributed by atoms with van der Waals surface area (Å²) in [6.45, 7) is 0.840. The Hall–Kier alpha value is -3.82. The van der Waals surface area contributed by atoms with Gasteiger partial charge in [0, 0.05) is 24.1 Å². The molecule has 1 aromatic carbocycles. The summed E-state index contributed by atoms with van der Waals surface area (Å²) in [4.78, 5) is 39.6. The first kappa shape index (κ1) is 19.9. The Kier molecular flexibility index (Phi) is 5.82. The quantitative estimate of drug-likeness (QED) is 0.613. The molecule has 3 rings (SSSR count). The summed E-state index contributed by atoms with van der Waals surface area (Å²) in [6.07, 6.45) is 3.22. The molecule has 0 atom stereocenters. The monoisotopic (exact) mass is 402 g/mol. The summed E-state index contributed by atoms with van der Waals surface area (Å²) in [5.74, 6) is -4.31.